The number of pyridine rings is 1. The average Bonchev–Trinajstić information content (AvgIpc) is 2.40. The van der Waals surface area contributed by atoms with Crippen LogP contribution in [0.25, 0.3) is 0 Å². The van der Waals surface area contributed by atoms with Gasteiger partial charge in [0.05, 0.1) is 6.61 Å². The monoisotopic (exact) mass is 275 g/mol. The molecule has 0 aliphatic heterocycles. The van der Waals surface area contributed by atoms with Crippen LogP contribution >= 0.6 is 0 Å². The van der Waals surface area contributed by atoms with Crippen LogP contribution in [0.3, 0.4) is 0 Å². The molecule has 1 aromatic heterocycles. The summed E-state index contributed by atoms with van der Waals surface area (Å²) >= 11 is 0. The fraction of sp³-hybridized carbons (Fsp3) is 0.312. The first-order valence-electron chi connectivity index (χ1n) is 6.44. The zero-order chi connectivity index (χ0) is 14.8. The highest BCUT2D eigenvalue weighted by molar-refractivity contribution is 5.35. The quantitative estimate of drug-likeness (QED) is 0.926. The molecule has 0 amide bonds. The van der Waals surface area contributed by atoms with Gasteiger partial charge in [0.25, 0.3) is 5.88 Å². The van der Waals surface area contributed by atoms with Gasteiger partial charge < -0.3 is 9.84 Å². The van der Waals surface area contributed by atoms with Crippen molar-refractivity contribution in [3.05, 3.63) is 53.5 Å². The van der Waals surface area contributed by atoms with Gasteiger partial charge in [-0.25, -0.2) is 9.37 Å². The van der Waals surface area contributed by atoms with Gasteiger partial charge in [-0.2, -0.15) is 0 Å². The number of aliphatic hydroxyl groups excluding tert-OH is 1. The predicted molar refractivity (Wildman–Crippen MR) is 75.3 cm³/mol. The molecule has 20 heavy (non-hydrogen) atoms. The van der Waals surface area contributed by atoms with Crippen LogP contribution in [0, 0.1) is 5.82 Å². The first kappa shape index (κ1) is 14.5. The van der Waals surface area contributed by atoms with Gasteiger partial charge >= 0.3 is 0 Å². The molecule has 0 saturated heterocycles. The molecule has 3 nitrogen and oxygen atoms in total. The van der Waals surface area contributed by atoms with Crippen LogP contribution in [-0.4, -0.2) is 10.1 Å². The molecule has 0 spiro atoms. The molecular weight excluding hydrogens is 257 g/mol. The lowest BCUT2D eigenvalue weighted by molar-refractivity contribution is 0.273. The molecule has 2 aromatic rings. The Labute approximate surface area is 118 Å². The van der Waals surface area contributed by atoms with Crippen molar-refractivity contribution in [1.29, 1.82) is 0 Å². The Morgan fingerprint density at radius 1 is 1.25 bits per heavy atom. The highest BCUT2D eigenvalue weighted by Crippen LogP contribution is 2.29. The van der Waals surface area contributed by atoms with E-state index >= 15 is 0 Å². The topological polar surface area (TPSA) is 42.4 Å². The van der Waals surface area contributed by atoms with Crippen molar-refractivity contribution in [2.75, 3.05) is 0 Å². The zero-order valence-corrected chi connectivity index (χ0v) is 11.9. The van der Waals surface area contributed by atoms with E-state index in [2.05, 4.69) is 25.8 Å². The Balaban J connectivity index is 2.31. The van der Waals surface area contributed by atoms with Crippen molar-refractivity contribution in [3.63, 3.8) is 0 Å². The summed E-state index contributed by atoms with van der Waals surface area (Å²) in [5, 5.41) is 9.04. The van der Waals surface area contributed by atoms with E-state index < -0.39 is 5.82 Å². The molecule has 0 aliphatic carbocycles. The van der Waals surface area contributed by atoms with Gasteiger partial charge in [0.2, 0.25) is 0 Å². The summed E-state index contributed by atoms with van der Waals surface area (Å²) in [6, 6.07) is 8.91. The predicted octanol–water partition coefficient (Wildman–Crippen LogP) is 3.80. The normalized spacial score (nSPS) is 11.4. The second-order valence-corrected chi connectivity index (χ2v) is 5.63. The number of nitrogens with zero attached hydrogens (tertiary/aromatic N) is 1. The van der Waals surface area contributed by atoms with Crippen LogP contribution in [0.15, 0.2) is 36.5 Å². The van der Waals surface area contributed by atoms with Gasteiger partial charge in [-0.15, -0.1) is 0 Å². The summed E-state index contributed by atoms with van der Waals surface area (Å²) in [4.78, 5) is 3.87. The third-order valence-corrected chi connectivity index (χ3v) is 3.02. The lowest BCUT2D eigenvalue weighted by Crippen LogP contribution is -2.10. The summed E-state index contributed by atoms with van der Waals surface area (Å²) in [5.74, 6) is -0.224. The number of hydrogen-bond acceptors (Lipinski definition) is 3. The highest BCUT2D eigenvalue weighted by Gasteiger charge is 2.15. The third-order valence-electron chi connectivity index (χ3n) is 3.02. The molecule has 0 aliphatic rings. The molecule has 1 aromatic carbocycles. The van der Waals surface area contributed by atoms with Crippen molar-refractivity contribution in [3.8, 4) is 11.6 Å². The second-order valence-electron chi connectivity index (χ2n) is 5.63. The standard InChI is InChI=1S/C16H18FNO2/c1-16(2,3)12-5-4-6-13(9-12)20-15-14(17)11(10-19)7-8-18-15/h4-9,19H,10H2,1-3H3. The zero-order valence-electron chi connectivity index (χ0n) is 11.9. The smallest absolute Gasteiger partial charge is 0.256 e. The van der Waals surface area contributed by atoms with E-state index in [1.54, 1.807) is 6.07 Å². The minimum absolute atomic E-state index is 0.0156. The molecule has 1 N–H and O–H groups in total. The molecular formula is C16H18FNO2. The van der Waals surface area contributed by atoms with Gasteiger partial charge in [0.1, 0.15) is 5.75 Å². The number of benzene rings is 1. The molecule has 0 fully saturated rings. The Morgan fingerprint density at radius 3 is 2.65 bits per heavy atom. The van der Waals surface area contributed by atoms with Crippen LogP contribution < -0.4 is 4.74 Å². The third kappa shape index (κ3) is 3.14. The summed E-state index contributed by atoms with van der Waals surface area (Å²) < 4.78 is 19.4. The summed E-state index contributed by atoms with van der Waals surface area (Å²) in [5.41, 5.74) is 1.24. The number of aliphatic hydroxyl groups is 1. The van der Waals surface area contributed by atoms with E-state index in [-0.39, 0.29) is 23.5 Å². The van der Waals surface area contributed by atoms with Gasteiger partial charge in [-0.05, 0) is 29.2 Å². The van der Waals surface area contributed by atoms with Gasteiger partial charge in [-0.1, -0.05) is 32.9 Å². The molecule has 0 radical (unpaired) electrons. The van der Waals surface area contributed by atoms with Crippen LogP contribution in [0.2, 0.25) is 0 Å². The Kier molecular flexibility index (Phi) is 4.04. The van der Waals surface area contributed by atoms with Crippen molar-refractivity contribution in [1.82, 2.24) is 4.98 Å². The number of rotatable bonds is 3. The van der Waals surface area contributed by atoms with Crippen LogP contribution in [0.4, 0.5) is 4.39 Å². The molecule has 4 heteroatoms. The van der Waals surface area contributed by atoms with Crippen molar-refractivity contribution >= 4 is 0 Å². The van der Waals surface area contributed by atoms with Crippen LogP contribution in [0.1, 0.15) is 31.9 Å². The minimum atomic E-state index is -0.629. The largest absolute Gasteiger partial charge is 0.436 e. The van der Waals surface area contributed by atoms with Crippen molar-refractivity contribution in [2.24, 2.45) is 0 Å². The second kappa shape index (κ2) is 5.59. The minimum Gasteiger partial charge on any atom is -0.436 e. The summed E-state index contributed by atoms with van der Waals surface area (Å²) in [6.07, 6.45) is 1.41. The Hall–Kier alpha value is -1.94. The molecule has 0 unspecified atom stereocenters. The van der Waals surface area contributed by atoms with Gasteiger partial charge in [-0.3, -0.25) is 0 Å². The maximum Gasteiger partial charge on any atom is 0.256 e. The van der Waals surface area contributed by atoms with Crippen LogP contribution in [0.5, 0.6) is 11.6 Å². The number of ether oxygens (including phenoxy) is 1. The SMILES string of the molecule is CC(C)(C)c1cccc(Oc2nccc(CO)c2F)c1. The molecule has 106 valence electrons. The first-order chi connectivity index (χ1) is 9.41. The Bertz CT molecular complexity index is 606. The molecule has 0 saturated carbocycles. The van der Waals surface area contributed by atoms with Crippen molar-refractivity contribution < 1.29 is 14.2 Å². The number of hydrogen-bond donors (Lipinski definition) is 1. The number of aromatic nitrogens is 1. The maximum absolute atomic E-state index is 13.9. The summed E-state index contributed by atoms with van der Waals surface area (Å²) in [7, 11) is 0. The fourth-order valence-corrected chi connectivity index (χ4v) is 1.79. The lowest BCUT2D eigenvalue weighted by atomic mass is 9.87. The highest BCUT2D eigenvalue weighted by atomic mass is 19.1. The van der Waals surface area contributed by atoms with E-state index in [0.29, 0.717) is 5.75 Å². The van der Waals surface area contributed by atoms with E-state index in [0.717, 1.165) is 5.56 Å². The van der Waals surface area contributed by atoms with Crippen molar-refractivity contribution in [2.45, 2.75) is 32.8 Å². The molecule has 2 rings (SSSR count). The van der Waals surface area contributed by atoms with E-state index in [4.69, 9.17) is 9.84 Å². The summed E-state index contributed by atoms with van der Waals surface area (Å²) in [6.45, 7) is 5.90. The van der Waals surface area contributed by atoms with Gasteiger partial charge in [0.15, 0.2) is 5.82 Å². The Morgan fingerprint density at radius 2 is 2.00 bits per heavy atom. The number of halogens is 1. The van der Waals surface area contributed by atoms with E-state index in [1.807, 2.05) is 18.2 Å². The van der Waals surface area contributed by atoms with E-state index in [1.165, 1.54) is 12.3 Å². The van der Waals surface area contributed by atoms with Crippen LogP contribution in [-0.2, 0) is 12.0 Å². The molecule has 0 bridgehead atoms. The average molecular weight is 275 g/mol. The maximum atomic E-state index is 13.9. The molecule has 0 atom stereocenters. The lowest BCUT2D eigenvalue weighted by Gasteiger charge is -2.19. The molecule has 1 heterocycles. The first-order valence-corrected chi connectivity index (χ1v) is 6.44. The van der Waals surface area contributed by atoms with Gasteiger partial charge in [0, 0.05) is 11.8 Å². The fourth-order valence-electron chi connectivity index (χ4n) is 1.79. The van der Waals surface area contributed by atoms with E-state index in [9.17, 15) is 4.39 Å².